The Balaban J connectivity index is 1.30. The molecule has 0 radical (unpaired) electrons. The van der Waals surface area contributed by atoms with Crippen molar-refractivity contribution in [2.75, 3.05) is 44.2 Å². The summed E-state index contributed by atoms with van der Waals surface area (Å²) in [5.74, 6) is 0.395. The standard InChI is InChI=1S/C24H33N5O/c1-19-6-2-3-7-20(19)18-27-14-10-21(11-15-27)28-12-5-13-29(17-16-28)23-9-4-8-22(26-23)24(25)30/h2-4,6-9,21H,5,10-18H2,1H3,(H2,25,30). The fourth-order valence-electron chi connectivity index (χ4n) is 4.74. The summed E-state index contributed by atoms with van der Waals surface area (Å²) in [7, 11) is 0. The minimum atomic E-state index is -0.467. The van der Waals surface area contributed by atoms with Gasteiger partial charge in [0.2, 0.25) is 0 Å². The molecular weight excluding hydrogens is 374 g/mol. The summed E-state index contributed by atoms with van der Waals surface area (Å²) in [6.07, 6.45) is 3.59. The van der Waals surface area contributed by atoms with Crippen molar-refractivity contribution < 1.29 is 4.79 Å². The zero-order valence-electron chi connectivity index (χ0n) is 18.0. The van der Waals surface area contributed by atoms with Crippen molar-refractivity contribution in [1.82, 2.24) is 14.8 Å². The molecule has 2 aliphatic heterocycles. The van der Waals surface area contributed by atoms with Crippen molar-refractivity contribution in [3.05, 3.63) is 59.3 Å². The van der Waals surface area contributed by atoms with E-state index in [0.717, 1.165) is 45.0 Å². The summed E-state index contributed by atoms with van der Waals surface area (Å²) >= 11 is 0. The van der Waals surface area contributed by atoms with E-state index in [1.165, 1.54) is 37.1 Å². The van der Waals surface area contributed by atoms with E-state index in [-0.39, 0.29) is 0 Å². The van der Waals surface area contributed by atoms with Crippen LogP contribution < -0.4 is 10.6 Å². The summed E-state index contributed by atoms with van der Waals surface area (Å²) in [5, 5.41) is 0. The van der Waals surface area contributed by atoms with Crippen molar-refractivity contribution in [1.29, 1.82) is 0 Å². The smallest absolute Gasteiger partial charge is 0.267 e. The number of likely N-dealkylation sites (tertiary alicyclic amines) is 1. The maximum Gasteiger partial charge on any atom is 0.267 e. The molecule has 0 saturated carbocycles. The van der Waals surface area contributed by atoms with E-state index in [2.05, 4.69) is 50.9 Å². The zero-order valence-corrected chi connectivity index (χ0v) is 18.0. The normalized spacial score (nSPS) is 19.6. The number of pyridine rings is 1. The Morgan fingerprint density at radius 2 is 1.80 bits per heavy atom. The van der Waals surface area contributed by atoms with Crippen LogP contribution >= 0.6 is 0 Å². The highest BCUT2D eigenvalue weighted by Crippen LogP contribution is 2.22. The van der Waals surface area contributed by atoms with Crippen LogP contribution in [0.2, 0.25) is 0 Å². The summed E-state index contributed by atoms with van der Waals surface area (Å²) in [6.45, 7) is 9.70. The highest BCUT2D eigenvalue weighted by Gasteiger charge is 2.26. The largest absolute Gasteiger partial charge is 0.364 e. The summed E-state index contributed by atoms with van der Waals surface area (Å²) in [6, 6.07) is 14.9. The SMILES string of the molecule is Cc1ccccc1CN1CCC(N2CCCN(c3cccc(C(N)=O)n3)CC2)CC1. The van der Waals surface area contributed by atoms with Crippen LogP contribution in [0.25, 0.3) is 0 Å². The molecule has 0 bridgehead atoms. The minimum absolute atomic E-state index is 0.342. The van der Waals surface area contributed by atoms with Gasteiger partial charge < -0.3 is 10.6 Å². The van der Waals surface area contributed by atoms with Crippen molar-refractivity contribution in [2.45, 2.75) is 38.8 Å². The molecule has 6 nitrogen and oxygen atoms in total. The van der Waals surface area contributed by atoms with Crippen LogP contribution in [0.4, 0.5) is 5.82 Å². The van der Waals surface area contributed by atoms with Gasteiger partial charge in [-0.25, -0.2) is 4.98 Å². The van der Waals surface area contributed by atoms with Crippen LogP contribution in [0.15, 0.2) is 42.5 Å². The van der Waals surface area contributed by atoms with Gasteiger partial charge in [-0.15, -0.1) is 0 Å². The van der Waals surface area contributed by atoms with E-state index in [1.807, 2.05) is 12.1 Å². The number of piperidine rings is 1. The molecule has 0 spiro atoms. The molecule has 2 fully saturated rings. The van der Waals surface area contributed by atoms with Gasteiger partial charge in [0.25, 0.3) is 5.91 Å². The van der Waals surface area contributed by atoms with Crippen LogP contribution in [0.5, 0.6) is 0 Å². The average Bonchev–Trinajstić information content (AvgIpc) is 3.02. The number of amides is 1. The van der Waals surface area contributed by atoms with Crippen LogP contribution in [-0.4, -0.2) is 66.0 Å². The third-order valence-electron chi connectivity index (χ3n) is 6.57. The number of aromatic nitrogens is 1. The molecule has 2 aliphatic rings. The highest BCUT2D eigenvalue weighted by molar-refractivity contribution is 5.91. The van der Waals surface area contributed by atoms with Crippen molar-refractivity contribution in [3.8, 4) is 0 Å². The molecule has 2 aromatic rings. The van der Waals surface area contributed by atoms with E-state index in [0.29, 0.717) is 11.7 Å². The lowest BCUT2D eigenvalue weighted by Crippen LogP contribution is -2.46. The molecule has 1 aromatic heterocycles. The lowest BCUT2D eigenvalue weighted by molar-refractivity contribution is 0.0995. The van der Waals surface area contributed by atoms with E-state index in [1.54, 1.807) is 6.07 Å². The Kier molecular flexibility index (Phi) is 6.65. The number of nitrogens with two attached hydrogens (primary N) is 1. The molecule has 2 N–H and O–H groups in total. The molecule has 1 aromatic carbocycles. The van der Waals surface area contributed by atoms with E-state index in [4.69, 9.17) is 5.73 Å². The topological polar surface area (TPSA) is 65.7 Å². The van der Waals surface area contributed by atoms with Crippen molar-refractivity contribution >= 4 is 11.7 Å². The molecule has 1 amide bonds. The number of primary amides is 1. The monoisotopic (exact) mass is 407 g/mol. The third kappa shape index (κ3) is 4.99. The molecule has 160 valence electrons. The van der Waals surface area contributed by atoms with Crippen molar-refractivity contribution in [3.63, 3.8) is 0 Å². The van der Waals surface area contributed by atoms with Gasteiger partial charge in [0, 0.05) is 38.8 Å². The molecule has 6 heteroatoms. The first-order chi connectivity index (χ1) is 14.6. The first-order valence-electron chi connectivity index (χ1n) is 11.1. The summed E-state index contributed by atoms with van der Waals surface area (Å²) < 4.78 is 0. The number of nitrogens with zero attached hydrogens (tertiary/aromatic N) is 4. The van der Waals surface area contributed by atoms with Crippen LogP contribution in [0, 0.1) is 6.92 Å². The Labute approximate surface area is 179 Å². The number of carbonyl (C=O) groups excluding carboxylic acids is 1. The first kappa shape index (κ1) is 20.8. The quantitative estimate of drug-likeness (QED) is 0.826. The number of rotatable bonds is 5. The Morgan fingerprint density at radius 1 is 1.00 bits per heavy atom. The van der Waals surface area contributed by atoms with Crippen LogP contribution in [-0.2, 0) is 6.54 Å². The number of hydrogen-bond acceptors (Lipinski definition) is 5. The summed E-state index contributed by atoms with van der Waals surface area (Å²) in [4.78, 5) is 23.5. The fourth-order valence-corrected chi connectivity index (χ4v) is 4.74. The lowest BCUT2D eigenvalue weighted by Gasteiger charge is -2.38. The molecule has 0 unspecified atom stereocenters. The fraction of sp³-hybridized carbons (Fsp3) is 0.500. The Bertz CT molecular complexity index is 862. The molecule has 30 heavy (non-hydrogen) atoms. The Hall–Kier alpha value is -2.44. The molecule has 3 heterocycles. The van der Waals surface area contributed by atoms with Crippen LogP contribution in [0.1, 0.15) is 40.9 Å². The molecule has 4 rings (SSSR count). The minimum Gasteiger partial charge on any atom is -0.364 e. The van der Waals surface area contributed by atoms with Gasteiger partial charge in [0.05, 0.1) is 0 Å². The highest BCUT2D eigenvalue weighted by atomic mass is 16.1. The second-order valence-corrected chi connectivity index (χ2v) is 8.56. The van der Waals surface area contributed by atoms with Gasteiger partial charge in [-0.05, 0) is 62.5 Å². The number of benzene rings is 1. The van der Waals surface area contributed by atoms with Gasteiger partial charge in [-0.2, -0.15) is 0 Å². The van der Waals surface area contributed by atoms with Gasteiger partial charge >= 0.3 is 0 Å². The molecule has 2 saturated heterocycles. The first-order valence-corrected chi connectivity index (χ1v) is 11.1. The van der Waals surface area contributed by atoms with E-state index >= 15 is 0 Å². The number of anilines is 1. The molecule has 0 aliphatic carbocycles. The predicted molar refractivity (Wildman–Crippen MR) is 121 cm³/mol. The van der Waals surface area contributed by atoms with Gasteiger partial charge in [0.1, 0.15) is 11.5 Å². The van der Waals surface area contributed by atoms with Gasteiger partial charge in [0.15, 0.2) is 0 Å². The Morgan fingerprint density at radius 3 is 2.57 bits per heavy atom. The number of hydrogen-bond donors (Lipinski definition) is 1. The lowest BCUT2D eigenvalue weighted by atomic mass is 10.0. The number of carbonyl (C=O) groups is 1. The maximum atomic E-state index is 11.5. The summed E-state index contributed by atoms with van der Waals surface area (Å²) in [5.41, 5.74) is 8.58. The average molecular weight is 408 g/mol. The second kappa shape index (κ2) is 9.58. The third-order valence-corrected chi connectivity index (χ3v) is 6.57. The van der Waals surface area contributed by atoms with Crippen LogP contribution in [0.3, 0.4) is 0 Å². The molecular formula is C24H33N5O. The zero-order chi connectivity index (χ0) is 20.9. The van der Waals surface area contributed by atoms with E-state index in [9.17, 15) is 4.79 Å². The number of aryl methyl sites for hydroxylation is 1. The van der Waals surface area contributed by atoms with Gasteiger partial charge in [-0.1, -0.05) is 30.3 Å². The van der Waals surface area contributed by atoms with Gasteiger partial charge in [-0.3, -0.25) is 14.6 Å². The predicted octanol–water partition coefficient (Wildman–Crippen LogP) is 2.67. The maximum absolute atomic E-state index is 11.5. The van der Waals surface area contributed by atoms with Crippen molar-refractivity contribution in [2.24, 2.45) is 5.73 Å². The second-order valence-electron chi connectivity index (χ2n) is 8.56. The van der Waals surface area contributed by atoms with E-state index < -0.39 is 5.91 Å². The molecule has 0 atom stereocenters.